The van der Waals surface area contributed by atoms with Gasteiger partial charge in [-0.3, -0.25) is 0 Å². The zero-order valence-electron chi connectivity index (χ0n) is 17.8. The summed E-state index contributed by atoms with van der Waals surface area (Å²) in [6.07, 6.45) is 7.63. The van der Waals surface area contributed by atoms with Crippen LogP contribution in [0.25, 0.3) is 33.8 Å². The molecule has 158 valence electrons. The van der Waals surface area contributed by atoms with Gasteiger partial charge in [0, 0.05) is 18.0 Å². The Morgan fingerprint density at radius 2 is 1.50 bits per heavy atom. The molecular weight excluding hydrogens is 416 g/mol. The van der Waals surface area contributed by atoms with E-state index in [1.807, 2.05) is 52.1 Å². The Morgan fingerprint density at radius 1 is 0.812 bits per heavy atom. The number of hydrogen-bond acceptors (Lipinski definition) is 4. The number of aromatic nitrogens is 4. The molecule has 0 saturated carbocycles. The number of nitrogens with zero attached hydrogens (tertiary/aromatic N) is 4. The van der Waals surface area contributed by atoms with Gasteiger partial charge in [-0.2, -0.15) is 5.10 Å². The third-order valence-corrected chi connectivity index (χ3v) is 6.11. The van der Waals surface area contributed by atoms with E-state index in [-0.39, 0.29) is 0 Å². The summed E-state index contributed by atoms with van der Waals surface area (Å²) in [5, 5.41) is 6.08. The molecule has 0 radical (unpaired) electrons. The Hall–Kier alpha value is -3.77. The van der Waals surface area contributed by atoms with Crippen LogP contribution in [0.3, 0.4) is 0 Å². The SMILES string of the molecule is COc1ccc(-n2nc(-c3ccc(-c4ccccc4)cc3)c(-n3ccnc3)c2SC)cc1. The van der Waals surface area contributed by atoms with E-state index in [1.165, 1.54) is 11.1 Å². The van der Waals surface area contributed by atoms with E-state index < -0.39 is 0 Å². The van der Waals surface area contributed by atoms with Gasteiger partial charge in [0.2, 0.25) is 0 Å². The molecule has 0 N–H and O–H groups in total. The van der Waals surface area contributed by atoms with Gasteiger partial charge in [-0.15, -0.1) is 11.8 Å². The van der Waals surface area contributed by atoms with Crippen molar-refractivity contribution in [3.63, 3.8) is 0 Å². The van der Waals surface area contributed by atoms with Crippen molar-refractivity contribution in [1.82, 2.24) is 19.3 Å². The zero-order chi connectivity index (χ0) is 21.9. The van der Waals surface area contributed by atoms with E-state index >= 15 is 0 Å². The van der Waals surface area contributed by atoms with Crippen LogP contribution in [0.2, 0.25) is 0 Å². The van der Waals surface area contributed by atoms with Crippen LogP contribution in [0.4, 0.5) is 0 Å². The topological polar surface area (TPSA) is 44.9 Å². The van der Waals surface area contributed by atoms with Gasteiger partial charge in [-0.1, -0.05) is 54.6 Å². The molecular formula is C26H22N4OS. The monoisotopic (exact) mass is 438 g/mol. The number of rotatable bonds is 6. The van der Waals surface area contributed by atoms with Gasteiger partial charge in [0.15, 0.2) is 0 Å². The number of ether oxygens (including phenoxy) is 1. The lowest BCUT2D eigenvalue weighted by Gasteiger charge is -2.08. The van der Waals surface area contributed by atoms with Gasteiger partial charge < -0.3 is 9.30 Å². The third kappa shape index (κ3) is 3.69. The molecule has 32 heavy (non-hydrogen) atoms. The van der Waals surface area contributed by atoms with Crippen LogP contribution < -0.4 is 4.74 Å². The first-order valence-corrected chi connectivity index (χ1v) is 11.5. The lowest BCUT2D eigenvalue weighted by atomic mass is 10.0. The molecule has 0 aliphatic rings. The maximum absolute atomic E-state index is 5.32. The molecule has 5 aromatic rings. The summed E-state index contributed by atoms with van der Waals surface area (Å²) < 4.78 is 9.33. The minimum absolute atomic E-state index is 0.818. The molecule has 0 aliphatic carbocycles. The van der Waals surface area contributed by atoms with Crippen LogP contribution in [0.1, 0.15) is 0 Å². The molecule has 0 bridgehead atoms. The van der Waals surface area contributed by atoms with Gasteiger partial charge in [0.1, 0.15) is 22.2 Å². The van der Waals surface area contributed by atoms with Crippen LogP contribution in [0.5, 0.6) is 5.75 Å². The van der Waals surface area contributed by atoms with Crippen LogP contribution in [-0.4, -0.2) is 32.7 Å². The Morgan fingerprint density at radius 3 is 2.12 bits per heavy atom. The number of benzene rings is 3. The van der Waals surface area contributed by atoms with Crippen molar-refractivity contribution in [2.24, 2.45) is 0 Å². The van der Waals surface area contributed by atoms with Crippen molar-refractivity contribution < 1.29 is 4.74 Å². The van der Waals surface area contributed by atoms with E-state index in [1.54, 1.807) is 25.1 Å². The van der Waals surface area contributed by atoms with Gasteiger partial charge in [0.25, 0.3) is 0 Å². The molecule has 0 atom stereocenters. The molecule has 2 aromatic heterocycles. The Bertz CT molecular complexity index is 1310. The molecule has 0 amide bonds. The van der Waals surface area contributed by atoms with Crippen LogP contribution >= 0.6 is 11.8 Å². The van der Waals surface area contributed by atoms with Crippen molar-refractivity contribution in [3.8, 4) is 39.5 Å². The Labute approximate surface area is 191 Å². The standard InChI is InChI=1S/C26H22N4OS/c1-31-23-14-12-22(13-15-23)30-26(32-2)25(29-17-16-27-18-29)24(28-30)21-10-8-20(9-11-21)19-6-4-3-5-7-19/h3-18H,1-2H3. The van der Waals surface area contributed by atoms with E-state index in [0.717, 1.165) is 33.4 Å². The second-order valence-electron chi connectivity index (χ2n) is 7.23. The van der Waals surface area contributed by atoms with E-state index in [4.69, 9.17) is 9.84 Å². The van der Waals surface area contributed by atoms with Crippen molar-refractivity contribution >= 4 is 11.8 Å². The summed E-state index contributed by atoms with van der Waals surface area (Å²) in [5.74, 6) is 0.818. The molecule has 0 aliphatic heterocycles. The second-order valence-corrected chi connectivity index (χ2v) is 8.02. The minimum atomic E-state index is 0.818. The van der Waals surface area contributed by atoms with Crippen LogP contribution in [0.15, 0.2) is 103 Å². The van der Waals surface area contributed by atoms with E-state index in [9.17, 15) is 0 Å². The van der Waals surface area contributed by atoms with Crippen molar-refractivity contribution in [3.05, 3.63) is 97.6 Å². The van der Waals surface area contributed by atoms with Gasteiger partial charge >= 0.3 is 0 Å². The molecule has 0 fully saturated rings. The normalized spacial score (nSPS) is 10.9. The summed E-state index contributed by atoms with van der Waals surface area (Å²) in [6.45, 7) is 0. The third-order valence-electron chi connectivity index (χ3n) is 5.36. The molecule has 5 rings (SSSR count). The largest absolute Gasteiger partial charge is 0.497 e. The zero-order valence-corrected chi connectivity index (χ0v) is 18.7. The molecule has 0 unspecified atom stereocenters. The maximum Gasteiger partial charge on any atom is 0.124 e. The molecule has 2 heterocycles. The highest BCUT2D eigenvalue weighted by Gasteiger charge is 2.21. The van der Waals surface area contributed by atoms with E-state index in [0.29, 0.717) is 0 Å². The van der Waals surface area contributed by atoms with E-state index in [2.05, 4.69) is 59.8 Å². The fourth-order valence-electron chi connectivity index (χ4n) is 3.75. The Kier molecular flexibility index (Phi) is 5.52. The highest BCUT2D eigenvalue weighted by molar-refractivity contribution is 7.98. The first-order chi connectivity index (χ1) is 15.8. The summed E-state index contributed by atoms with van der Waals surface area (Å²) in [4.78, 5) is 4.27. The van der Waals surface area contributed by atoms with Crippen LogP contribution in [0, 0.1) is 0 Å². The minimum Gasteiger partial charge on any atom is -0.497 e. The molecule has 0 spiro atoms. The number of imidazole rings is 1. The van der Waals surface area contributed by atoms with Gasteiger partial charge in [-0.25, -0.2) is 9.67 Å². The summed E-state index contributed by atoms with van der Waals surface area (Å²) in [6, 6.07) is 26.9. The lowest BCUT2D eigenvalue weighted by Crippen LogP contribution is -1.99. The highest BCUT2D eigenvalue weighted by atomic mass is 32.2. The van der Waals surface area contributed by atoms with Crippen LogP contribution in [-0.2, 0) is 0 Å². The van der Waals surface area contributed by atoms with Gasteiger partial charge in [-0.05, 0) is 41.6 Å². The highest BCUT2D eigenvalue weighted by Crippen LogP contribution is 2.36. The lowest BCUT2D eigenvalue weighted by molar-refractivity contribution is 0.414. The molecule has 0 saturated heterocycles. The first-order valence-electron chi connectivity index (χ1n) is 10.2. The van der Waals surface area contributed by atoms with Crippen molar-refractivity contribution in [2.45, 2.75) is 5.03 Å². The second kappa shape index (κ2) is 8.77. The predicted octanol–water partition coefficient (Wildman–Crippen LogP) is 6.12. The summed E-state index contributed by atoms with van der Waals surface area (Å²) in [7, 11) is 1.67. The fraction of sp³-hybridized carbons (Fsp3) is 0.0769. The smallest absolute Gasteiger partial charge is 0.124 e. The Balaban J connectivity index is 1.65. The average molecular weight is 439 g/mol. The average Bonchev–Trinajstić information content (AvgIpc) is 3.52. The quantitative estimate of drug-likeness (QED) is 0.300. The number of methoxy groups -OCH3 is 1. The molecule has 6 heteroatoms. The maximum atomic E-state index is 5.32. The molecule has 5 nitrogen and oxygen atoms in total. The summed E-state index contributed by atoms with van der Waals surface area (Å²) in [5.41, 5.74) is 6.32. The van der Waals surface area contributed by atoms with Gasteiger partial charge in [0.05, 0.1) is 19.1 Å². The molecule has 3 aromatic carbocycles. The van der Waals surface area contributed by atoms with Crippen molar-refractivity contribution in [2.75, 3.05) is 13.4 Å². The first kappa shape index (κ1) is 20.2. The predicted molar refractivity (Wildman–Crippen MR) is 130 cm³/mol. The number of hydrogen-bond donors (Lipinski definition) is 0. The number of thioether (sulfide) groups is 1. The van der Waals surface area contributed by atoms with Crippen molar-refractivity contribution in [1.29, 1.82) is 0 Å². The summed E-state index contributed by atoms with van der Waals surface area (Å²) >= 11 is 1.66. The fourth-order valence-corrected chi connectivity index (χ4v) is 4.46.